The molecule has 0 saturated carbocycles. The second kappa shape index (κ2) is 10.7. The summed E-state index contributed by atoms with van der Waals surface area (Å²) in [5.41, 5.74) is -1.21. The first-order chi connectivity index (χ1) is 16.1. The van der Waals surface area contributed by atoms with Crippen molar-refractivity contribution in [3.8, 4) is 17.2 Å². The van der Waals surface area contributed by atoms with Crippen molar-refractivity contribution in [2.24, 2.45) is 0 Å². The van der Waals surface area contributed by atoms with Crippen LogP contribution in [0.4, 0.5) is 0 Å². The zero-order valence-electron chi connectivity index (χ0n) is 18.1. The van der Waals surface area contributed by atoms with Gasteiger partial charge in [0, 0.05) is 30.8 Å². The SMILES string of the molecule is O=C(O)c1cc(O)cc(CS(=O)(=O)Cc2cccc(C(=O)OCCN3CCOCC3)c2O)c1O. The number of carboxylic acids is 1. The largest absolute Gasteiger partial charge is 0.508 e. The molecule has 0 spiro atoms. The number of morpholine rings is 1. The van der Waals surface area contributed by atoms with E-state index in [9.17, 15) is 33.3 Å². The third-order valence-electron chi connectivity index (χ3n) is 5.24. The molecule has 1 aliphatic rings. The molecule has 0 aliphatic carbocycles. The maximum atomic E-state index is 12.7. The second-order valence-corrected chi connectivity index (χ2v) is 9.81. The summed E-state index contributed by atoms with van der Waals surface area (Å²) < 4.78 is 35.9. The lowest BCUT2D eigenvalue weighted by Gasteiger charge is -2.26. The van der Waals surface area contributed by atoms with Gasteiger partial charge in [-0.05, 0) is 18.2 Å². The summed E-state index contributed by atoms with van der Waals surface area (Å²) in [5, 5.41) is 39.4. The average Bonchev–Trinajstić information content (AvgIpc) is 2.77. The molecule has 1 saturated heterocycles. The Labute approximate surface area is 195 Å². The van der Waals surface area contributed by atoms with Gasteiger partial charge < -0.3 is 29.9 Å². The molecule has 1 aliphatic heterocycles. The summed E-state index contributed by atoms with van der Waals surface area (Å²) in [6.07, 6.45) is 0. The van der Waals surface area contributed by atoms with Crippen LogP contribution in [0.3, 0.4) is 0 Å². The standard InChI is InChI=1S/C22H25NO10S/c24-16-10-15(20(26)18(11-16)21(27)28)13-34(30,31)12-14-2-1-3-17(19(14)25)22(29)33-9-6-23-4-7-32-8-5-23/h1-3,10-11,24-26H,4-9,12-13H2,(H,27,28). The highest BCUT2D eigenvalue weighted by atomic mass is 32.2. The zero-order valence-corrected chi connectivity index (χ0v) is 19.0. The molecule has 0 bridgehead atoms. The van der Waals surface area contributed by atoms with Crippen molar-refractivity contribution >= 4 is 21.8 Å². The van der Waals surface area contributed by atoms with Gasteiger partial charge in [-0.3, -0.25) is 4.90 Å². The summed E-state index contributed by atoms with van der Waals surface area (Å²) in [7, 11) is -4.06. The highest BCUT2D eigenvalue weighted by molar-refractivity contribution is 7.89. The van der Waals surface area contributed by atoms with Crippen molar-refractivity contribution in [1.29, 1.82) is 0 Å². The number of benzene rings is 2. The van der Waals surface area contributed by atoms with Crippen LogP contribution >= 0.6 is 0 Å². The van der Waals surface area contributed by atoms with Crippen LogP contribution in [0, 0.1) is 0 Å². The fourth-order valence-electron chi connectivity index (χ4n) is 3.52. The maximum absolute atomic E-state index is 12.7. The second-order valence-electron chi connectivity index (χ2n) is 7.74. The summed E-state index contributed by atoms with van der Waals surface area (Å²) in [6.45, 7) is 3.23. The fourth-order valence-corrected chi connectivity index (χ4v) is 5.02. The lowest BCUT2D eigenvalue weighted by Crippen LogP contribution is -2.38. The maximum Gasteiger partial charge on any atom is 0.341 e. The van der Waals surface area contributed by atoms with Gasteiger partial charge in [0.1, 0.15) is 35.0 Å². The number of para-hydroxylation sites is 1. The van der Waals surface area contributed by atoms with Crippen molar-refractivity contribution in [3.05, 3.63) is 52.6 Å². The van der Waals surface area contributed by atoms with Crippen molar-refractivity contribution < 1.29 is 47.9 Å². The quantitative estimate of drug-likeness (QED) is 0.290. The smallest absolute Gasteiger partial charge is 0.341 e. The summed E-state index contributed by atoms with van der Waals surface area (Å²) >= 11 is 0. The molecule has 2 aromatic rings. The Balaban J connectivity index is 1.70. The molecule has 3 rings (SSSR count). The van der Waals surface area contributed by atoms with Crippen LogP contribution in [0.1, 0.15) is 31.8 Å². The molecule has 0 amide bonds. The first-order valence-corrected chi connectivity index (χ1v) is 12.2. The van der Waals surface area contributed by atoms with Crippen molar-refractivity contribution in [2.75, 3.05) is 39.5 Å². The van der Waals surface area contributed by atoms with E-state index >= 15 is 0 Å². The van der Waals surface area contributed by atoms with Crippen LogP contribution < -0.4 is 0 Å². The number of phenolic OH excluding ortho intramolecular Hbond substituents is 2. The minimum absolute atomic E-state index is 0.0688. The minimum Gasteiger partial charge on any atom is -0.508 e. The van der Waals surface area contributed by atoms with E-state index in [1.807, 2.05) is 0 Å². The Hall–Kier alpha value is -3.35. The fraction of sp³-hybridized carbons (Fsp3) is 0.364. The molecule has 184 valence electrons. The third kappa shape index (κ3) is 6.37. The highest BCUT2D eigenvalue weighted by Gasteiger charge is 2.24. The van der Waals surface area contributed by atoms with Gasteiger partial charge in [0.15, 0.2) is 9.84 Å². The van der Waals surface area contributed by atoms with Gasteiger partial charge in [-0.1, -0.05) is 12.1 Å². The summed E-state index contributed by atoms with van der Waals surface area (Å²) in [6, 6.07) is 5.78. The van der Waals surface area contributed by atoms with Crippen LogP contribution in [-0.4, -0.2) is 85.1 Å². The molecule has 2 aromatic carbocycles. The molecule has 1 fully saturated rings. The van der Waals surface area contributed by atoms with Gasteiger partial charge in [0.2, 0.25) is 0 Å². The van der Waals surface area contributed by atoms with Crippen molar-refractivity contribution in [3.63, 3.8) is 0 Å². The molecule has 11 nitrogen and oxygen atoms in total. The minimum atomic E-state index is -4.06. The van der Waals surface area contributed by atoms with E-state index in [0.717, 1.165) is 25.2 Å². The summed E-state index contributed by atoms with van der Waals surface area (Å²) in [5.74, 6) is -5.70. The molecule has 0 aromatic heterocycles. The number of carboxylic acid groups (broad SMARTS) is 1. The van der Waals surface area contributed by atoms with Gasteiger partial charge in [0.25, 0.3) is 0 Å². The molecule has 12 heteroatoms. The topological polar surface area (TPSA) is 171 Å². The number of aromatic hydroxyl groups is 3. The van der Waals surface area contributed by atoms with Crippen molar-refractivity contribution in [2.45, 2.75) is 11.5 Å². The van der Waals surface area contributed by atoms with Crippen LogP contribution in [0.15, 0.2) is 30.3 Å². The third-order valence-corrected chi connectivity index (χ3v) is 6.74. The molecule has 1 heterocycles. The first kappa shape index (κ1) is 25.3. The number of hydrogen-bond donors (Lipinski definition) is 4. The van der Waals surface area contributed by atoms with E-state index in [4.69, 9.17) is 14.6 Å². The number of aromatic carboxylic acids is 1. The molecule has 34 heavy (non-hydrogen) atoms. The number of phenols is 3. The van der Waals surface area contributed by atoms with Crippen LogP contribution in [0.5, 0.6) is 17.2 Å². The molecule has 4 N–H and O–H groups in total. The number of carbonyl (C=O) groups excluding carboxylic acids is 1. The Morgan fingerprint density at radius 2 is 1.62 bits per heavy atom. The van der Waals surface area contributed by atoms with Gasteiger partial charge in [-0.2, -0.15) is 0 Å². The van der Waals surface area contributed by atoms with E-state index in [0.29, 0.717) is 19.8 Å². The van der Waals surface area contributed by atoms with Crippen LogP contribution in [0.25, 0.3) is 0 Å². The van der Waals surface area contributed by atoms with E-state index in [1.54, 1.807) is 0 Å². The Morgan fingerprint density at radius 3 is 2.29 bits per heavy atom. The predicted octanol–water partition coefficient (Wildman–Crippen LogP) is 1.11. The molecule has 0 radical (unpaired) electrons. The number of rotatable bonds is 9. The van der Waals surface area contributed by atoms with E-state index in [-0.39, 0.29) is 23.3 Å². The number of carbonyl (C=O) groups is 2. The number of ether oxygens (including phenoxy) is 2. The monoisotopic (exact) mass is 495 g/mol. The molecule has 0 unspecified atom stereocenters. The number of sulfone groups is 1. The molecule has 0 atom stereocenters. The number of esters is 1. The molecular formula is C22H25NO10S. The lowest BCUT2D eigenvalue weighted by molar-refractivity contribution is 0.0194. The summed E-state index contributed by atoms with van der Waals surface area (Å²) in [4.78, 5) is 25.7. The van der Waals surface area contributed by atoms with E-state index < -0.39 is 56.1 Å². The predicted molar refractivity (Wildman–Crippen MR) is 119 cm³/mol. The van der Waals surface area contributed by atoms with E-state index in [1.165, 1.54) is 18.2 Å². The van der Waals surface area contributed by atoms with Crippen molar-refractivity contribution in [1.82, 2.24) is 4.90 Å². The van der Waals surface area contributed by atoms with Crippen LogP contribution in [-0.2, 0) is 30.8 Å². The zero-order chi connectivity index (χ0) is 24.9. The van der Waals surface area contributed by atoms with Crippen LogP contribution in [0.2, 0.25) is 0 Å². The van der Waals surface area contributed by atoms with Gasteiger partial charge >= 0.3 is 11.9 Å². The number of hydrogen-bond acceptors (Lipinski definition) is 10. The van der Waals surface area contributed by atoms with Gasteiger partial charge in [-0.15, -0.1) is 0 Å². The van der Waals surface area contributed by atoms with E-state index in [2.05, 4.69) is 4.90 Å². The molecular weight excluding hydrogens is 470 g/mol. The Bertz CT molecular complexity index is 1170. The first-order valence-electron chi connectivity index (χ1n) is 10.3. The lowest BCUT2D eigenvalue weighted by atomic mass is 10.1. The highest BCUT2D eigenvalue weighted by Crippen LogP contribution is 2.31. The average molecular weight is 496 g/mol. The normalized spacial score (nSPS) is 14.6. The van der Waals surface area contributed by atoms with Gasteiger partial charge in [-0.25, -0.2) is 18.0 Å². The van der Waals surface area contributed by atoms with Gasteiger partial charge in [0.05, 0.1) is 24.7 Å². The Kier molecular flexibility index (Phi) is 7.97. The Morgan fingerprint density at radius 1 is 0.971 bits per heavy atom. The number of nitrogens with zero attached hydrogens (tertiary/aromatic N) is 1.